The Hall–Kier alpha value is -1.12. The largest absolute Gasteiger partial charge is 0.481 e. The molecule has 1 unspecified atom stereocenters. The molecule has 0 aromatic carbocycles. The predicted molar refractivity (Wildman–Crippen MR) is 79.6 cm³/mol. The number of thioether (sulfide) groups is 1. The minimum Gasteiger partial charge on any atom is -0.481 e. The zero-order chi connectivity index (χ0) is 15.2. The van der Waals surface area contributed by atoms with E-state index in [1.807, 2.05) is 11.5 Å². The SMILES string of the molecule is CCc1nnc(SCC(=O)O)n1CC1CN(CC)CCO1. The molecule has 1 aromatic heterocycles. The van der Waals surface area contributed by atoms with Gasteiger partial charge in [-0.15, -0.1) is 10.2 Å². The van der Waals surface area contributed by atoms with Crippen LogP contribution in [0.5, 0.6) is 0 Å². The third kappa shape index (κ3) is 4.42. The third-order valence-corrected chi connectivity index (χ3v) is 4.44. The Kier molecular flexibility index (Phi) is 6.01. The van der Waals surface area contributed by atoms with Gasteiger partial charge in [-0.25, -0.2) is 0 Å². The average molecular weight is 314 g/mol. The number of ether oxygens (including phenoxy) is 1. The first-order chi connectivity index (χ1) is 10.1. The smallest absolute Gasteiger partial charge is 0.313 e. The Balaban J connectivity index is 2.06. The molecule has 1 aromatic rings. The molecule has 1 fully saturated rings. The van der Waals surface area contributed by atoms with E-state index >= 15 is 0 Å². The summed E-state index contributed by atoms with van der Waals surface area (Å²) in [6.45, 7) is 8.45. The summed E-state index contributed by atoms with van der Waals surface area (Å²) in [6, 6.07) is 0. The summed E-state index contributed by atoms with van der Waals surface area (Å²) in [4.78, 5) is 13.1. The summed E-state index contributed by atoms with van der Waals surface area (Å²) >= 11 is 1.21. The monoisotopic (exact) mass is 314 g/mol. The Bertz CT molecular complexity index is 480. The molecule has 0 radical (unpaired) electrons. The molecule has 0 saturated carbocycles. The molecule has 2 rings (SSSR count). The molecule has 7 nitrogen and oxygen atoms in total. The van der Waals surface area contributed by atoms with Crippen molar-refractivity contribution in [1.82, 2.24) is 19.7 Å². The second-order valence-corrected chi connectivity index (χ2v) is 5.87. The van der Waals surface area contributed by atoms with E-state index in [0.29, 0.717) is 11.7 Å². The van der Waals surface area contributed by atoms with Gasteiger partial charge in [0.25, 0.3) is 0 Å². The summed E-state index contributed by atoms with van der Waals surface area (Å²) in [6.07, 6.45) is 0.870. The van der Waals surface area contributed by atoms with Crippen molar-refractivity contribution in [2.24, 2.45) is 0 Å². The van der Waals surface area contributed by atoms with E-state index in [0.717, 1.165) is 38.5 Å². The van der Waals surface area contributed by atoms with Gasteiger partial charge < -0.3 is 14.4 Å². The third-order valence-electron chi connectivity index (χ3n) is 3.49. The molecule has 118 valence electrons. The lowest BCUT2D eigenvalue weighted by molar-refractivity contribution is -0.133. The summed E-state index contributed by atoms with van der Waals surface area (Å²) < 4.78 is 7.82. The number of likely N-dealkylation sites (N-methyl/N-ethyl adjacent to an activating group) is 1. The fourth-order valence-corrected chi connectivity index (χ4v) is 3.07. The van der Waals surface area contributed by atoms with E-state index in [1.165, 1.54) is 11.8 Å². The zero-order valence-corrected chi connectivity index (χ0v) is 13.3. The number of carboxylic acids is 1. The van der Waals surface area contributed by atoms with Crippen LogP contribution in [0.25, 0.3) is 0 Å². The number of aromatic nitrogens is 3. The maximum atomic E-state index is 10.7. The maximum absolute atomic E-state index is 10.7. The lowest BCUT2D eigenvalue weighted by atomic mass is 10.2. The number of aliphatic carboxylic acids is 1. The van der Waals surface area contributed by atoms with E-state index in [9.17, 15) is 4.79 Å². The molecule has 0 bridgehead atoms. The first kappa shape index (κ1) is 16.3. The molecule has 0 amide bonds. The second-order valence-electron chi connectivity index (χ2n) is 4.93. The van der Waals surface area contributed by atoms with Gasteiger partial charge in [-0.3, -0.25) is 9.69 Å². The molecule has 1 aliphatic rings. The molecule has 21 heavy (non-hydrogen) atoms. The van der Waals surface area contributed by atoms with Crippen molar-refractivity contribution in [2.75, 3.05) is 32.0 Å². The first-order valence-electron chi connectivity index (χ1n) is 7.24. The molecular weight excluding hydrogens is 292 g/mol. The molecule has 2 heterocycles. The number of hydrogen-bond acceptors (Lipinski definition) is 6. The van der Waals surface area contributed by atoms with Crippen LogP contribution in [0.1, 0.15) is 19.7 Å². The lowest BCUT2D eigenvalue weighted by Crippen LogP contribution is -2.44. The highest BCUT2D eigenvalue weighted by molar-refractivity contribution is 7.99. The van der Waals surface area contributed by atoms with E-state index in [4.69, 9.17) is 9.84 Å². The van der Waals surface area contributed by atoms with Gasteiger partial charge >= 0.3 is 5.97 Å². The van der Waals surface area contributed by atoms with E-state index < -0.39 is 5.97 Å². The van der Waals surface area contributed by atoms with Crippen molar-refractivity contribution in [3.63, 3.8) is 0 Å². The Morgan fingerprint density at radius 3 is 2.95 bits per heavy atom. The fraction of sp³-hybridized carbons (Fsp3) is 0.769. The summed E-state index contributed by atoms with van der Waals surface area (Å²) in [7, 11) is 0. The van der Waals surface area contributed by atoms with Crippen molar-refractivity contribution >= 4 is 17.7 Å². The molecule has 1 aliphatic heterocycles. The fourth-order valence-electron chi connectivity index (χ4n) is 2.38. The minimum atomic E-state index is -0.848. The Morgan fingerprint density at radius 1 is 1.48 bits per heavy atom. The average Bonchev–Trinajstić information content (AvgIpc) is 2.87. The molecular formula is C13H22N4O3S. The van der Waals surface area contributed by atoms with Crippen molar-refractivity contribution in [2.45, 2.75) is 38.1 Å². The standard InChI is InChI=1S/C13H22N4O3S/c1-3-11-14-15-13(21-9-12(18)19)17(11)8-10-7-16(4-2)5-6-20-10/h10H,3-9H2,1-2H3,(H,18,19). The summed E-state index contributed by atoms with van der Waals surface area (Å²) in [5.41, 5.74) is 0. The number of carboxylic acid groups (broad SMARTS) is 1. The number of morpholine rings is 1. The molecule has 1 saturated heterocycles. The topological polar surface area (TPSA) is 80.5 Å². The van der Waals surface area contributed by atoms with Crippen LogP contribution < -0.4 is 0 Å². The zero-order valence-electron chi connectivity index (χ0n) is 12.5. The van der Waals surface area contributed by atoms with Gasteiger partial charge in [0.1, 0.15) is 5.82 Å². The van der Waals surface area contributed by atoms with Crippen molar-refractivity contribution < 1.29 is 14.6 Å². The number of aryl methyl sites for hydroxylation is 1. The Morgan fingerprint density at radius 2 is 2.29 bits per heavy atom. The number of carbonyl (C=O) groups is 1. The molecule has 1 atom stereocenters. The summed E-state index contributed by atoms with van der Waals surface area (Å²) in [5.74, 6) is 0.0212. The van der Waals surface area contributed by atoms with Gasteiger partial charge in [0, 0.05) is 19.5 Å². The lowest BCUT2D eigenvalue weighted by Gasteiger charge is -2.32. The van der Waals surface area contributed by atoms with E-state index in [2.05, 4.69) is 22.0 Å². The highest BCUT2D eigenvalue weighted by atomic mass is 32.2. The minimum absolute atomic E-state index is 0.00550. The van der Waals surface area contributed by atoms with Crippen molar-refractivity contribution in [3.05, 3.63) is 5.82 Å². The highest BCUT2D eigenvalue weighted by Gasteiger charge is 2.22. The van der Waals surface area contributed by atoms with E-state index in [1.54, 1.807) is 0 Å². The number of nitrogens with zero attached hydrogens (tertiary/aromatic N) is 4. The van der Waals surface area contributed by atoms with Crippen LogP contribution in [0.4, 0.5) is 0 Å². The van der Waals surface area contributed by atoms with Crippen LogP contribution >= 0.6 is 11.8 Å². The predicted octanol–water partition coefficient (Wildman–Crippen LogP) is 0.738. The normalized spacial score (nSPS) is 19.8. The number of hydrogen-bond donors (Lipinski definition) is 1. The number of rotatable bonds is 7. The van der Waals surface area contributed by atoms with Crippen LogP contribution in [-0.4, -0.2) is 68.8 Å². The van der Waals surface area contributed by atoms with Crippen molar-refractivity contribution in [1.29, 1.82) is 0 Å². The Labute approximate surface area is 128 Å². The first-order valence-corrected chi connectivity index (χ1v) is 8.23. The molecule has 0 spiro atoms. The summed E-state index contributed by atoms with van der Waals surface area (Å²) in [5, 5.41) is 17.7. The molecule has 8 heteroatoms. The van der Waals surface area contributed by atoms with Crippen LogP contribution in [0.3, 0.4) is 0 Å². The molecule has 0 aliphatic carbocycles. The van der Waals surface area contributed by atoms with Gasteiger partial charge in [-0.1, -0.05) is 25.6 Å². The van der Waals surface area contributed by atoms with E-state index in [-0.39, 0.29) is 11.9 Å². The van der Waals surface area contributed by atoms with Gasteiger partial charge in [-0.2, -0.15) is 0 Å². The van der Waals surface area contributed by atoms with Crippen LogP contribution in [0, 0.1) is 0 Å². The second kappa shape index (κ2) is 7.77. The van der Waals surface area contributed by atoms with Crippen LogP contribution in [0.2, 0.25) is 0 Å². The quantitative estimate of drug-likeness (QED) is 0.743. The van der Waals surface area contributed by atoms with Crippen LogP contribution in [0.15, 0.2) is 5.16 Å². The van der Waals surface area contributed by atoms with Crippen LogP contribution in [-0.2, 0) is 22.5 Å². The highest BCUT2D eigenvalue weighted by Crippen LogP contribution is 2.19. The van der Waals surface area contributed by atoms with Crippen molar-refractivity contribution in [3.8, 4) is 0 Å². The molecule has 1 N–H and O–H groups in total. The van der Waals surface area contributed by atoms with Gasteiger partial charge in [0.2, 0.25) is 0 Å². The van der Waals surface area contributed by atoms with Gasteiger partial charge in [0.05, 0.1) is 25.0 Å². The van der Waals surface area contributed by atoms with Gasteiger partial charge in [0.15, 0.2) is 5.16 Å². The van der Waals surface area contributed by atoms with Gasteiger partial charge in [-0.05, 0) is 6.54 Å². The maximum Gasteiger partial charge on any atom is 0.313 e.